The summed E-state index contributed by atoms with van der Waals surface area (Å²) in [4.78, 5) is 65.9. The van der Waals surface area contributed by atoms with Crippen molar-refractivity contribution in [3.63, 3.8) is 0 Å². The van der Waals surface area contributed by atoms with Crippen molar-refractivity contribution in [3.8, 4) is 11.5 Å². The molecule has 13 heteroatoms. The minimum Gasteiger partial charge on any atom is -0.497 e. The van der Waals surface area contributed by atoms with Crippen LogP contribution in [0.15, 0.2) is 72.8 Å². The number of carbonyl (C=O) groups excluding carboxylic acids is 5. The molecule has 0 aliphatic heterocycles. The van der Waals surface area contributed by atoms with Gasteiger partial charge >= 0.3 is 12.1 Å². The van der Waals surface area contributed by atoms with Gasteiger partial charge in [0.2, 0.25) is 11.7 Å². The number of hydrogen-bond donors (Lipinski definition) is 1. The van der Waals surface area contributed by atoms with Crippen LogP contribution >= 0.6 is 11.6 Å². The molecular weight excluding hydrogens is 703 g/mol. The molecule has 0 aliphatic rings. The minimum atomic E-state index is -5.16. The fourth-order valence-corrected chi connectivity index (χ4v) is 5.59. The first kappa shape index (κ1) is 41.7. The van der Waals surface area contributed by atoms with Crippen molar-refractivity contribution in [1.29, 1.82) is 0 Å². The van der Waals surface area contributed by atoms with Crippen LogP contribution in [0.5, 0.6) is 11.5 Å². The van der Waals surface area contributed by atoms with E-state index in [1.54, 1.807) is 63.2 Å². The van der Waals surface area contributed by atoms with Gasteiger partial charge in [-0.3, -0.25) is 19.2 Å². The van der Waals surface area contributed by atoms with Crippen molar-refractivity contribution in [2.45, 2.75) is 71.7 Å². The molecule has 0 aliphatic carbocycles. The zero-order chi connectivity index (χ0) is 38.8. The van der Waals surface area contributed by atoms with Crippen molar-refractivity contribution < 1.29 is 51.4 Å². The first-order valence-electron chi connectivity index (χ1n) is 16.6. The van der Waals surface area contributed by atoms with Crippen LogP contribution in [-0.2, 0) is 30.3 Å². The van der Waals surface area contributed by atoms with Gasteiger partial charge in [-0.2, -0.15) is 13.2 Å². The molecule has 1 amide bonds. The average Bonchev–Trinajstić information content (AvgIpc) is 3.06. The lowest BCUT2D eigenvalue weighted by molar-refractivity contribution is -0.177. The number of rotatable bonds is 17. The lowest BCUT2D eigenvalue weighted by atomic mass is 9.84. The molecule has 0 aromatic heterocycles. The predicted octanol–water partition coefficient (Wildman–Crippen LogP) is 7.72. The van der Waals surface area contributed by atoms with Gasteiger partial charge in [0.05, 0.1) is 7.11 Å². The molecule has 3 rings (SSSR count). The molecule has 3 aromatic carbocycles. The third-order valence-corrected chi connectivity index (χ3v) is 8.24. The van der Waals surface area contributed by atoms with Crippen LogP contribution < -0.4 is 14.8 Å². The standard InChI is InChI=1S/C39H43ClF3NO8/c1-23(2)31(36(48)39(41,42)43)21-33(46)35(25-13-15-29(50-6)16-14-25)44-37(49)27(20-32(45)26-10-8-11-28(40)19-26)17-24-9-7-12-30(18-24)51-22-34(47)52-38(3,4)5/h7-16,18-19,23,27,31,35H,17,20-22H2,1-6H3,(H,44,49)/t27-,31+,35+/m1/s1. The Hall–Kier alpha value is -4.71. The second-order valence-corrected chi connectivity index (χ2v) is 14.1. The number of carbonyl (C=O) groups is 5. The van der Waals surface area contributed by atoms with Gasteiger partial charge in [0, 0.05) is 35.3 Å². The number of nitrogens with one attached hydrogen (secondary N) is 1. The van der Waals surface area contributed by atoms with Gasteiger partial charge < -0.3 is 19.5 Å². The summed E-state index contributed by atoms with van der Waals surface area (Å²) in [7, 11) is 1.43. The lowest BCUT2D eigenvalue weighted by Gasteiger charge is -2.26. The summed E-state index contributed by atoms with van der Waals surface area (Å²) in [5.74, 6) is -7.52. The number of ether oxygens (including phenoxy) is 3. The minimum absolute atomic E-state index is 0.0352. The van der Waals surface area contributed by atoms with Gasteiger partial charge in [-0.1, -0.05) is 61.8 Å². The second kappa shape index (κ2) is 18.2. The van der Waals surface area contributed by atoms with E-state index in [4.69, 9.17) is 25.8 Å². The van der Waals surface area contributed by atoms with E-state index in [0.29, 0.717) is 22.1 Å². The Kier molecular flexibility index (Phi) is 14.6. The number of ketones is 3. The number of amides is 1. The van der Waals surface area contributed by atoms with Crippen molar-refractivity contribution in [2.75, 3.05) is 13.7 Å². The lowest BCUT2D eigenvalue weighted by Crippen LogP contribution is -2.41. The molecule has 0 radical (unpaired) electrons. The smallest absolute Gasteiger partial charge is 0.450 e. The van der Waals surface area contributed by atoms with E-state index in [9.17, 15) is 37.1 Å². The highest BCUT2D eigenvalue weighted by atomic mass is 35.5. The number of methoxy groups -OCH3 is 1. The number of hydrogen-bond acceptors (Lipinski definition) is 8. The molecule has 0 unspecified atom stereocenters. The summed E-state index contributed by atoms with van der Waals surface area (Å²) < 4.78 is 56.6. The van der Waals surface area contributed by atoms with Crippen LogP contribution in [0.3, 0.4) is 0 Å². The summed E-state index contributed by atoms with van der Waals surface area (Å²) in [5, 5.41) is 2.97. The molecule has 3 aromatic rings. The number of benzene rings is 3. The topological polar surface area (TPSA) is 125 Å². The molecule has 1 N–H and O–H groups in total. The SMILES string of the molecule is COc1ccc([C@H](NC(=O)[C@@H](CC(=O)c2cccc(Cl)c2)Cc2cccc(OCC(=O)OC(C)(C)C)c2)C(=O)C[C@H](C(=O)C(F)(F)F)C(C)C)cc1. The maximum atomic E-state index is 14.1. The van der Waals surface area contributed by atoms with Gasteiger partial charge in [-0.25, -0.2) is 4.79 Å². The monoisotopic (exact) mass is 745 g/mol. The van der Waals surface area contributed by atoms with Gasteiger partial charge in [0.25, 0.3) is 0 Å². The van der Waals surface area contributed by atoms with E-state index >= 15 is 0 Å². The zero-order valence-corrected chi connectivity index (χ0v) is 30.6. The van der Waals surface area contributed by atoms with Crippen LogP contribution in [-0.4, -0.2) is 54.7 Å². The van der Waals surface area contributed by atoms with E-state index in [2.05, 4.69) is 5.32 Å². The van der Waals surface area contributed by atoms with Crippen LogP contribution in [0.1, 0.15) is 75.0 Å². The number of esters is 1. The number of halogens is 4. The summed E-state index contributed by atoms with van der Waals surface area (Å²) >= 11 is 6.11. The van der Waals surface area contributed by atoms with Crippen molar-refractivity contribution in [2.24, 2.45) is 17.8 Å². The van der Waals surface area contributed by atoms with Gasteiger partial charge in [0.15, 0.2) is 18.2 Å². The van der Waals surface area contributed by atoms with E-state index in [1.165, 1.54) is 51.3 Å². The zero-order valence-electron chi connectivity index (χ0n) is 29.8. The molecule has 3 atom stereocenters. The van der Waals surface area contributed by atoms with E-state index in [1.807, 2.05) is 0 Å². The summed E-state index contributed by atoms with van der Waals surface area (Å²) in [5.41, 5.74) is 0.308. The van der Waals surface area contributed by atoms with Crippen molar-refractivity contribution in [3.05, 3.63) is 94.5 Å². The van der Waals surface area contributed by atoms with Gasteiger partial charge in [-0.05, 0) is 80.6 Å². The van der Waals surface area contributed by atoms with Crippen LogP contribution in [0.4, 0.5) is 13.2 Å². The molecule has 0 bridgehead atoms. The normalized spacial score (nSPS) is 13.4. The molecule has 0 spiro atoms. The summed E-state index contributed by atoms with van der Waals surface area (Å²) in [6.07, 6.45) is -6.33. The van der Waals surface area contributed by atoms with Gasteiger partial charge in [-0.15, -0.1) is 0 Å². The molecule has 280 valence electrons. The summed E-state index contributed by atoms with van der Waals surface area (Å²) in [6, 6.07) is 17.2. The van der Waals surface area contributed by atoms with E-state index in [0.717, 1.165) is 0 Å². The van der Waals surface area contributed by atoms with Crippen LogP contribution in [0.25, 0.3) is 0 Å². The molecule has 0 fully saturated rings. The maximum absolute atomic E-state index is 14.1. The molecular formula is C39H43ClF3NO8. The molecule has 9 nitrogen and oxygen atoms in total. The number of alkyl halides is 3. The highest BCUT2D eigenvalue weighted by molar-refractivity contribution is 6.31. The third-order valence-electron chi connectivity index (χ3n) is 8.01. The quantitative estimate of drug-likeness (QED) is 0.110. The first-order chi connectivity index (χ1) is 24.3. The Morgan fingerprint density at radius 2 is 1.50 bits per heavy atom. The van der Waals surface area contributed by atoms with Crippen molar-refractivity contribution >= 4 is 40.8 Å². The first-order valence-corrected chi connectivity index (χ1v) is 17.0. The average molecular weight is 746 g/mol. The highest BCUT2D eigenvalue weighted by Gasteiger charge is 2.45. The van der Waals surface area contributed by atoms with Crippen LogP contribution in [0.2, 0.25) is 5.02 Å². The number of Topliss-reactive ketones (excluding diaryl/α,β-unsaturated/α-hetero) is 3. The molecule has 0 saturated heterocycles. The predicted molar refractivity (Wildman–Crippen MR) is 188 cm³/mol. The fourth-order valence-electron chi connectivity index (χ4n) is 5.40. The largest absolute Gasteiger partial charge is 0.497 e. The Balaban J connectivity index is 1.97. The Labute approximate surface area is 306 Å². The summed E-state index contributed by atoms with van der Waals surface area (Å²) in [6.45, 7) is 7.60. The fraction of sp³-hybridized carbons (Fsp3) is 0.410. The van der Waals surface area contributed by atoms with Crippen molar-refractivity contribution in [1.82, 2.24) is 5.32 Å². The Morgan fingerprint density at radius 1 is 0.846 bits per heavy atom. The molecule has 0 saturated carbocycles. The van der Waals surface area contributed by atoms with Gasteiger partial charge in [0.1, 0.15) is 23.1 Å². The Morgan fingerprint density at radius 3 is 2.08 bits per heavy atom. The third kappa shape index (κ3) is 12.8. The molecule has 0 heterocycles. The maximum Gasteiger partial charge on any atom is 0.450 e. The van der Waals surface area contributed by atoms with E-state index in [-0.39, 0.29) is 30.6 Å². The molecule has 52 heavy (non-hydrogen) atoms. The van der Waals surface area contributed by atoms with E-state index < -0.39 is 71.2 Å². The van der Waals surface area contributed by atoms with Crippen LogP contribution in [0, 0.1) is 17.8 Å². The highest BCUT2D eigenvalue weighted by Crippen LogP contribution is 2.31. The second-order valence-electron chi connectivity index (χ2n) is 13.7. The Bertz CT molecular complexity index is 1730.